The molecule has 2 heterocycles. The van der Waals surface area contributed by atoms with Crippen molar-refractivity contribution in [2.45, 2.75) is 76.7 Å². The lowest BCUT2D eigenvalue weighted by Gasteiger charge is -2.34. The van der Waals surface area contributed by atoms with Crippen LogP contribution in [0.1, 0.15) is 75.3 Å². The van der Waals surface area contributed by atoms with Gasteiger partial charge in [0.1, 0.15) is 5.60 Å². The van der Waals surface area contributed by atoms with E-state index in [1.165, 1.54) is 37.7 Å². The van der Waals surface area contributed by atoms with Gasteiger partial charge < -0.3 is 14.9 Å². The highest BCUT2D eigenvalue weighted by Gasteiger charge is 2.40. The summed E-state index contributed by atoms with van der Waals surface area (Å²) < 4.78 is 0. The quantitative estimate of drug-likeness (QED) is 0.774. The fourth-order valence-corrected chi connectivity index (χ4v) is 5.64. The van der Waals surface area contributed by atoms with Crippen molar-refractivity contribution >= 4 is 11.8 Å². The summed E-state index contributed by atoms with van der Waals surface area (Å²) in [5, 5.41) is 11.1. The molecular weight excluding hydrogens is 388 g/mol. The largest absolute Gasteiger partial charge is 0.383 e. The highest BCUT2D eigenvalue weighted by Crippen LogP contribution is 2.33. The third-order valence-electron chi connectivity index (χ3n) is 7.81. The third kappa shape index (κ3) is 5.49. The molecule has 1 unspecified atom stereocenters. The molecule has 170 valence electrons. The minimum atomic E-state index is -0.932. The molecule has 1 aromatic carbocycles. The van der Waals surface area contributed by atoms with Crippen molar-refractivity contribution in [2.75, 3.05) is 26.2 Å². The second-order valence-corrected chi connectivity index (χ2v) is 10.2. The molecule has 5 nitrogen and oxygen atoms in total. The molecule has 2 aliphatic heterocycles. The lowest BCUT2D eigenvalue weighted by Crippen LogP contribution is -2.41. The van der Waals surface area contributed by atoms with Crippen LogP contribution in [-0.2, 0) is 15.2 Å². The Balaban J connectivity index is 1.22. The van der Waals surface area contributed by atoms with Gasteiger partial charge in [-0.2, -0.15) is 0 Å². The van der Waals surface area contributed by atoms with Gasteiger partial charge in [-0.3, -0.25) is 9.59 Å². The maximum Gasteiger partial charge on any atom is 0.222 e. The number of carbonyl (C=O) groups excluding carboxylic acids is 2. The molecule has 4 rings (SSSR count). The molecule has 1 aromatic rings. The minimum absolute atomic E-state index is 0.148. The number of rotatable bonds is 5. The van der Waals surface area contributed by atoms with Gasteiger partial charge in [0.25, 0.3) is 0 Å². The number of carbonyl (C=O) groups is 2. The van der Waals surface area contributed by atoms with Crippen LogP contribution in [0.5, 0.6) is 0 Å². The highest BCUT2D eigenvalue weighted by atomic mass is 16.3. The van der Waals surface area contributed by atoms with Gasteiger partial charge >= 0.3 is 0 Å². The molecule has 3 aliphatic rings. The first-order valence-corrected chi connectivity index (χ1v) is 12.3. The highest BCUT2D eigenvalue weighted by molar-refractivity contribution is 5.78. The first-order valence-electron chi connectivity index (χ1n) is 12.3. The molecule has 1 N–H and O–H groups in total. The lowest BCUT2D eigenvalue weighted by atomic mass is 9.86. The zero-order valence-electron chi connectivity index (χ0n) is 19.0. The zero-order chi connectivity index (χ0) is 21.8. The van der Waals surface area contributed by atoms with Crippen LogP contribution in [0.15, 0.2) is 24.3 Å². The van der Waals surface area contributed by atoms with Crippen LogP contribution in [-0.4, -0.2) is 52.9 Å². The number of amides is 2. The van der Waals surface area contributed by atoms with E-state index in [0.717, 1.165) is 37.9 Å². The molecule has 0 radical (unpaired) electrons. The van der Waals surface area contributed by atoms with E-state index in [4.69, 9.17) is 0 Å². The van der Waals surface area contributed by atoms with Gasteiger partial charge in [0.2, 0.25) is 11.8 Å². The van der Waals surface area contributed by atoms with E-state index >= 15 is 0 Å². The van der Waals surface area contributed by atoms with E-state index in [2.05, 4.69) is 0 Å². The van der Waals surface area contributed by atoms with Crippen LogP contribution in [0, 0.1) is 18.8 Å². The molecule has 0 bridgehead atoms. The van der Waals surface area contributed by atoms with Gasteiger partial charge in [-0.15, -0.1) is 0 Å². The van der Waals surface area contributed by atoms with E-state index in [-0.39, 0.29) is 5.91 Å². The third-order valence-corrected chi connectivity index (χ3v) is 7.81. The Morgan fingerprint density at radius 1 is 0.871 bits per heavy atom. The van der Waals surface area contributed by atoms with E-state index in [0.29, 0.717) is 43.7 Å². The predicted molar refractivity (Wildman–Crippen MR) is 121 cm³/mol. The number of β-amino-alcohol motifs (C(OH)–C–C–N with tert-alkyl or cyclic N) is 1. The van der Waals surface area contributed by atoms with Crippen LogP contribution >= 0.6 is 0 Å². The summed E-state index contributed by atoms with van der Waals surface area (Å²) in [5.41, 5.74) is 1.14. The Labute approximate surface area is 186 Å². The van der Waals surface area contributed by atoms with Gasteiger partial charge in [-0.25, -0.2) is 0 Å². The smallest absolute Gasteiger partial charge is 0.222 e. The zero-order valence-corrected chi connectivity index (χ0v) is 19.0. The van der Waals surface area contributed by atoms with Gasteiger partial charge in [0.15, 0.2) is 0 Å². The number of hydrogen-bond donors (Lipinski definition) is 1. The molecule has 2 saturated heterocycles. The Hall–Kier alpha value is -1.88. The Morgan fingerprint density at radius 3 is 2.10 bits per heavy atom. The summed E-state index contributed by atoms with van der Waals surface area (Å²) in [6.45, 7) is 4.61. The monoisotopic (exact) mass is 426 g/mol. The number of aryl methyl sites for hydroxylation is 1. The van der Waals surface area contributed by atoms with E-state index in [1.807, 2.05) is 41.0 Å². The summed E-state index contributed by atoms with van der Waals surface area (Å²) in [6.07, 6.45) is 9.97. The first-order chi connectivity index (χ1) is 14.9. The summed E-state index contributed by atoms with van der Waals surface area (Å²) >= 11 is 0. The van der Waals surface area contributed by atoms with Crippen LogP contribution in [0.25, 0.3) is 0 Å². The molecular formula is C26H38N2O3. The summed E-state index contributed by atoms with van der Waals surface area (Å²) in [5.74, 6) is 1.40. The molecule has 1 atom stereocenters. The summed E-state index contributed by atoms with van der Waals surface area (Å²) in [7, 11) is 0. The van der Waals surface area contributed by atoms with E-state index in [9.17, 15) is 14.7 Å². The van der Waals surface area contributed by atoms with Crippen molar-refractivity contribution in [2.24, 2.45) is 11.8 Å². The first kappa shape index (κ1) is 22.3. The molecule has 2 amide bonds. The minimum Gasteiger partial charge on any atom is -0.383 e. The van der Waals surface area contributed by atoms with E-state index in [1.54, 1.807) is 0 Å². The summed E-state index contributed by atoms with van der Waals surface area (Å²) in [6, 6.07) is 7.98. The van der Waals surface area contributed by atoms with Gasteiger partial charge in [0, 0.05) is 32.5 Å². The molecule has 1 saturated carbocycles. The predicted octanol–water partition coefficient (Wildman–Crippen LogP) is 4.01. The standard InChI is InChI=1S/C26H38N2O3/c1-20-7-9-23(10-8-20)26(31)13-16-28(19-26)25(30)18-22-11-14-27(15-12-22)24(29)17-21-5-3-2-4-6-21/h7-10,21-22,31H,2-6,11-19H2,1H3. The maximum atomic E-state index is 12.9. The van der Waals surface area contributed by atoms with Crippen molar-refractivity contribution in [3.05, 3.63) is 35.4 Å². The SMILES string of the molecule is Cc1ccc(C2(O)CCN(C(=O)CC3CCN(C(=O)CC4CCCCC4)CC3)C2)cc1. The van der Waals surface area contributed by atoms with Crippen molar-refractivity contribution in [3.8, 4) is 0 Å². The number of hydrogen-bond acceptors (Lipinski definition) is 3. The Kier molecular flexibility index (Phi) is 7.00. The van der Waals surface area contributed by atoms with Crippen molar-refractivity contribution in [1.29, 1.82) is 0 Å². The fourth-order valence-electron chi connectivity index (χ4n) is 5.64. The molecule has 3 fully saturated rings. The van der Waals surface area contributed by atoms with Crippen molar-refractivity contribution < 1.29 is 14.7 Å². The number of benzene rings is 1. The molecule has 0 aromatic heterocycles. The second-order valence-electron chi connectivity index (χ2n) is 10.2. The van der Waals surface area contributed by atoms with Gasteiger partial charge in [0.05, 0.1) is 6.54 Å². The number of piperidine rings is 1. The Morgan fingerprint density at radius 2 is 1.45 bits per heavy atom. The number of nitrogens with zero attached hydrogens (tertiary/aromatic N) is 2. The van der Waals surface area contributed by atoms with Crippen LogP contribution in [0.2, 0.25) is 0 Å². The molecule has 1 aliphatic carbocycles. The molecule has 5 heteroatoms. The fraction of sp³-hybridized carbons (Fsp3) is 0.692. The molecule has 0 spiro atoms. The van der Waals surface area contributed by atoms with Crippen LogP contribution in [0.4, 0.5) is 0 Å². The topological polar surface area (TPSA) is 60.9 Å². The second kappa shape index (κ2) is 9.72. The van der Waals surface area contributed by atoms with E-state index < -0.39 is 5.60 Å². The van der Waals surface area contributed by atoms with Crippen LogP contribution < -0.4 is 0 Å². The van der Waals surface area contributed by atoms with Gasteiger partial charge in [-0.05, 0) is 56.4 Å². The average molecular weight is 427 g/mol. The Bertz CT molecular complexity index is 763. The summed E-state index contributed by atoms with van der Waals surface area (Å²) in [4.78, 5) is 29.4. The number of likely N-dealkylation sites (tertiary alicyclic amines) is 2. The average Bonchev–Trinajstić information content (AvgIpc) is 3.19. The van der Waals surface area contributed by atoms with Crippen molar-refractivity contribution in [3.63, 3.8) is 0 Å². The number of aliphatic hydroxyl groups is 1. The lowest BCUT2D eigenvalue weighted by molar-refractivity contribution is -0.135. The maximum absolute atomic E-state index is 12.9. The molecule has 31 heavy (non-hydrogen) atoms. The van der Waals surface area contributed by atoms with Crippen molar-refractivity contribution in [1.82, 2.24) is 9.80 Å². The van der Waals surface area contributed by atoms with Crippen LogP contribution in [0.3, 0.4) is 0 Å². The van der Waals surface area contributed by atoms with Gasteiger partial charge in [-0.1, -0.05) is 49.1 Å². The normalized spacial score (nSPS) is 25.7.